The quantitative estimate of drug-likeness (QED) is 0.436. The summed E-state index contributed by atoms with van der Waals surface area (Å²) in [5.41, 5.74) is 4.58. The molecule has 2 heteroatoms. The van der Waals surface area contributed by atoms with Crippen molar-refractivity contribution >= 4 is 0 Å². The standard InChI is InChI=1S/C25H42O2/c1-4-6-7-8-20-11-14-24(15-12-20)25-16-13-21(17-23(25)5-2)9-10-22(18-26)19-27-3/h13,16-17,20,22,24,26H,4-12,14-15,18-19H2,1-3H3. The zero-order valence-electron chi connectivity index (χ0n) is 18.0. The molecule has 27 heavy (non-hydrogen) atoms. The topological polar surface area (TPSA) is 29.5 Å². The maximum Gasteiger partial charge on any atom is 0.0512 e. The van der Waals surface area contributed by atoms with Gasteiger partial charge in [-0.25, -0.2) is 0 Å². The molecule has 1 saturated carbocycles. The van der Waals surface area contributed by atoms with Crippen molar-refractivity contribution in [1.82, 2.24) is 0 Å². The fourth-order valence-corrected chi connectivity index (χ4v) is 4.80. The van der Waals surface area contributed by atoms with Gasteiger partial charge in [0.25, 0.3) is 0 Å². The van der Waals surface area contributed by atoms with E-state index >= 15 is 0 Å². The minimum Gasteiger partial charge on any atom is -0.396 e. The molecule has 0 aliphatic heterocycles. The summed E-state index contributed by atoms with van der Waals surface area (Å²) in [4.78, 5) is 0. The van der Waals surface area contributed by atoms with Gasteiger partial charge in [0, 0.05) is 19.6 Å². The molecular weight excluding hydrogens is 332 g/mol. The zero-order chi connectivity index (χ0) is 19.5. The lowest BCUT2D eigenvalue weighted by molar-refractivity contribution is 0.105. The minimum absolute atomic E-state index is 0.216. The van der Waals surface area contributed by atoms with E-state index in [4.69, 9.17) is 4.74 Å². The van der Waals surface area contributed by atoms with Crippen LogP contribution in [0.15, 0.2) is 18.2 Å². The van der Waals surface area contributed by atoms with E-state index < -0.39 is 0 Å². The van der Waals surface area contributed by atoms with Crippen molar-refractivity contribution < 1.29 is 9.84 Å². The van der Waals surface area contributed by atoms with E-state index in [2.05, 4.69) is 32.0 Å². The Morgan fingerprint density at radius 3 is 2.52 bits per heavy atom. The number of methoxy groups -OCH3 is 1. The molecule has 2 rings (SSSR count). The van der Waals surface area contributed by atoms with E-state index in [1.807, 2.05) is 0 Å². The van der Waals surface area contributed by atoms with E-state index in [0.29, 0.717) is 6.61 Å². The molecule has 0 bridgehead atoms. The first kappa shape index (κ1) is 22.4. The summed E-state index contributed by atoms with van der Waals surface area (Å²) in [5, 5.41) is 9.46. The first-order chi connectivity index (χ1) is 13.2. The molecule has 1 aromatic rings. The maximum atomic E-state index is 9.46. The first-order valence-electron chi connectivity index (χ1n) is 11.4. The lowest BCUT2D eigenvalue weighted by Crippen LogP contribution is -2.15. The molecule has 1 unspecified atom stereocenters. The highest BCUT2D eigenvalue weighted by Crippen LogP contribution is 2.39. The van der Waals surface area contributed by atoms with E-state index in [0.717, 1.165) is 31.1 Å². The fourth-order valence-electron chi connectivity index (χ4n) is 4.80. The van der Waals surface area contributed by atoms with Crippen molar-refractivity contribution in [1.29, 1.82) is 0 Å². The second-order valence-corrected chi connectivity index (χ2v) is 8.64. The van der Waals surface area contributed by atoms with E-state index in [1.54, 1.807) is 18.2 Å². The van der Waals surface area contributed by atoms with Crippen LogP contribution in [0.3, 0.4) is 0 Å². The van der Waals surface area contributed by atoms with Gasteiger partial charge in [0.1, 0.15) is 0 Å². The number of aryl methyl sites for hydroxylation is 2. The van der Waals surface area contributed by atoms with Gasteiger partial charge in [-0.05, 0) is 73.5 Å². The van der Waals surface area contributed by atoms with Crippen molar-refractivity contribution in [3.63, 3.8) is 0 Å². The average molecular weight is 375 g/mol. The van der Waals surface area contributed by atoms with Gasteiger partial charge in [-0.1, -0.05) is 57.7 Å². The molecule has 0 amide bonds. The van der Waals surface area contributed by atoms with Crippen LogP contribution in [0.1, 0.15) is 94.2 Å². The van der Waals surface area contributed by atoms with Crippen molar-refractivity contribution in [3.8, 4) is 0 Å². The number of aliphatic hydroxyl groups is 1. The summed E-state index contributed by atoms with van der Waals surface area (Å²) in [6.07, 6.45) is 14.4. The van der Waals surface area contributed by atoms with Gasteiger partial charge < -0.3 is 9.84 Å². The SMILES string of the molecule is CCCCCC1CCC(c2ccc(CCC(CO)COC)cc2CC)CC1. The lowest BCUT2D eigenvalue weighted by atomic mass is 9.75. The molecule has 0 heterocycles. The number of rotatable bonds is 12. The van der Waals surface area contributed by atoms with Gasteiger partial charge in [0.2, 0.25) is 0 Å². The average Bonchev–Trinajstić information content (AvgIpc) is 2.71. The summed E-state index contributed by atoms with van der Waals surface area (Å²) < 4.78 is 5.21. The van der Waals surface area contributed by atoms with Crippen LogP contribution in [0.25, 0.3) is 0 Å². The highest BCUT2D eigenvalue weighted by Gasteiger charge is 2.23. The number of ether oxygens (including phenoxy) is 1. The van der Waals surface area contributed by atoms with Gasteiger partial charge >= 0.3 is 0 Å². The third-order valence-electron chi connectivity index (χ3n) is 6.59. The second-order valence-electron chi connectivity index (χ2n) is 8.64. The Hall–Kier alpha value is -0.860. The molecule has 1 N–H and O–H groups in total. The molecule has 1 aromatic carbocycles. The summed E-state index contributed by atoms with van der Waals surface area (Å²) in [7, 11) is 1.71. The fraction of sp³-hybridized carbons (Fsp3) is 0.760. The Bertz CT molecular complexity index is 517. The molecule has 0 saturated heterocycles. The molecule has 2 nitrogen and oxygen atoms in total. The Labute approximate surface area is 167 Å². The smallest absolute Gasteiger partial charge is 0.0512 e. The predicted octanol–water partition coefficient (Wildman–Crippen LogP) is 6.29. The van der Waals surface area contributed by atoms with Gasteiger partial charge in [0.15, 0.2) is 0 Å². The number of hydrogen-bond acceptors (Lipinski definition) is 2. The number of hydrogen-bond donors (Lipinski definition) is 1. The van der Waals surface area contributed by atoms with Crippen LogP contribution >= 0.6 is 0 Å². The minimum atomic E-state index is 0.216. The van der Waals surface area contributed by atoms with Gasteiger partial charge in [-0.2, -0.15) is 0 Å². The predicted molar refractivity (Wildman–Crippen MR) is 115 cm³/mol. The molecule has 1 aliphatic carbocycles. The Kier molecular flexibility index (Phi) is 10.4. The van der Waals surface area contributed by atoms with Crippen LogP contribution in [0.4, 0.5) is 0 Å². The van der Waals surface area contributed by atoms with E-state index in [9.17, 15) is 5.11 Å². The largest absolute Gasteiger partial charge is 0.396 e. The van der Waals surface area contributed by atoms with Crippen LogP contribution in [0.2, 0.25) is 0 Å². The second kappa shape index (κ2) is 12.6. The van der Waals surface area contributed by atoms with E-state index in [1.165, 1.54) is 56.9 Å². The third-order valence-corrected chi connectivity index (χ3v) is 6.59. The number of unbranched alkanes of at least 4 members (excludes halogenated alkanes) is 2. The Balaban J connectivity index is 1.90. The molecule has 1 atom stereocenters. The molecule has 154 valence electrons. The molecule has 1 fully saturated rings. The molecule has 1 aliphatic rings. The van der Waals surface area contributed by atoms with Crippen LogP contribution in [0.5, 0.6) is 0 Å². The van der Waals surface area contributed by atoms with Crippen molar-refractivity contribution in [2.45, 2.75) is 90.4 Å². The molecule has 0 spiro atoms. The number of benzene rings is 1. The maximum absolute atomic E-state index is 9.46. The van der Waals surface area contributed by atoms with Crippen molar-refractivity contribution in [2.24, 2.45) is 11.8 Å². The summed E-state index contributed by atoms with van der Waals surface area (Å²) >= 11 is 0. The normalized spacial score (nSPS) is 21.3. The monoisotopic (exact) mass is 374 g/mol. The van der Waals surface area contributed by atoms with Gasteiger partial charge in [-0.15, -0.1) is 0 Å². The molecular formula is C25H42O2. The molecule has 0 radical (unpaired) electrons. The summed E-state index contributed by atoms with van der Waals surface area (Å²) in [6, 6.07) is 7.19. The number of aliphatic hydroxyl groups excluding tert-OH is 1. The van der Waals surface area contributed by atoms with Crippen LogP contribution < -0.4 is 0 Å². The van der Waals surface area contributed by atoms with Gasteiger partial charge in [-0.3, -0.25) is 0 Å². The first-order valence-corrected chi connectivity index (χ1v) is 11.4. The van der Waals surface area contributed by atoms with Gasteiger partial charge in [0.05, 0.1) is 6.61 Å². The van der Waals surface area contributed by atoms with Crippen LogP contribution in [0, 0.1) is 11.8 Å². The lowest BCUT2D eigenvalue weighted by Gasteiger charge is -2.30. The van der Waals surface area contributed by atoms with Crippen molar-refractivity contribution in [3.05, 3.63) is 34.9 Å². The van der Waals surface area contributed by atoms with E-state index in [-0.39, 0.29) is 12.5 Å². The highest BCUT2D eigenvalue weighted by atomic mass is 16.5. The van der Waals surface area contributed by atoms with Crippen LogP contribution in [-0.4, -0.2) is 25.4 Å². The Morgan fingerprint density at radius 2 is 1.89 bits per heavy atom. The zero-order valence-corrected chi connectivity index (χ0v) is 18.0. The highest BCUT2D eigenvalue weighted by molar-refractivity contribution is 5.35. The van der Waals surface area contributed by atoms with Crippen molar-refractivity contribution in [2.75, 3.05) is 20.3 Å². The molecule has 0 aromatic heterocycles. The Morgan fingerprint density at radius 1 is 1.11 bits per heavy atom. The summed E-state index contributed by atoms with van der Waals surface area (Å²) in [6.45, 7) is 5.46. The third kappa shape index (κ3) is 7.23. The summed E-state index contributed by atoms with van der Waals surface area (Å²) in [5.74, 6) is 2.01. The van der Waals surface area contributed by atoms with Crippen LogP contribution in [-0.2, 0) is 17.6 Å².